The Balaban J connectivity index is 1.52. The minimum Gasteiger partial charge on any atom is -0.366 e. The summed E-state index contributed by atoms with van der Waals surface area (Å²) in [5.41, 5.74) is 2.72. The summed E-state index contributed by atoms with van der Waals surface area (Å²) in [4.78, 5) is 30.1. The second-order valence-electron chi connectivity index (χ2n) is 6.90. The first-order valence-electron chi connectivity index (χ1n) is 9.38. The Bertz CT molecular complexity index is 1020. The highest BCUT2D eigenvalue weighted by molar-refractivity contribution is 6.04. The molecule has 0 unspecified atom stereocenters. The third-order valence-electron chi connectivity index (χ3n) is 5.22. The van der Waals surface area contributed by atoms with Gasteiger partial charge in [0.1, 0.15) is 0 Å². The number of amides is 2. The SMILES string of the molecule is CCn1cc(-c2ccc3c(n2)N(C(=O)Nc2cnccn2)[C@H]2CCN3C2)cn1. The Labute approximate surface area is 162 Å². The monoisotopic (exact) mass is 376 g/mol. The molecular weight excluding hydrogens is 356 g/mol. The number of pyridine rings is 1. The lowest BCUT2D eigenvalue weighted by atomic mass is 10.1. The molecule has 2 bridgehead atoms. The molecule has 5 heterocycles. The predicted octanol–water partition coefficient (Wildman–Crippen LogP) is 2.39. The fourth-order valence-corrected chi connectivity index (χ4v) is 3.83. The molecule has 1 atom stereocenters. The van der Waals surface area contributed by atoms with Crippen molar-refractivity contribution in [3.63, 3.8) is 0 Å². The molecule has 1 N–H and O–H groups in total. The zero-order valence-electron chi connectivity index (χ0n) is 15.5. The van der Waals surface area contributed by atoms with Crippen LogP contribution < -0.4 is 15.1 Å². The number of nitrogens with zero attached hydrogens (tertiary/aromatic N) is 7. The number of hydrogen-bond donors (Lipinski definition) is 1. The highest BCUT2D eigenvalue weighted by atomic mass is 16.2. The average Bonchev–Trinajstić information content (AvgIpc) is 3.37. The van der Waals surface area contributed by atoms with Crippen LogP contribution >= 0.6 is 0 Å². The largest absolute Gasteiger partial charge is 0.366 e. The number of urea groups is 1. The van der Waals surface area contributed by atoms with Gasteiger partial charge in [0.05, 0.1) is 29.8 Å². The number of rotatable bonds is 3. The fraction of sp³-hybridized carbons (Fsp3) is 0.316. The van der Waals surface area contributed by atoms with Crippen LogP contribution in [0.3, 0.4) is 0 Å². The van der Waals surface area contributed by atoms with Gasteiger partial charge < -0.3 is 4.90 Å². The Morgan fingerprint density at radius 1 is 1.29 bits per heavy atom. The van der Waals surface area contributed by atoms with E-state index in [9.17, 15) is 4.79 Å². The average molecular weight is 376 g/mol. The Hall–Kier alpha value is -3.49. The molecule has 5 rings (SSSR count). The molecular formula is C19H20N8O. The van der Waals surface area contributed by atoms with Gasteiger partial charge in [0, 0.05) is 43.8 Å². The first-order chi connectivity index (χ1) is 13.7. The van der Waals surface area contributed by atoms with Crippen molar-refractivity contribution >= 4 is 23.4 Å². The van der Waals surface area contributed by atoms with Crippen LogP contribution in [0.4, 0.5) is 22.1 Å². The van der Waals surface area contributed by atoms with Crippen molar-refractivity contribution in [2.45, 2.75) is 25.9 Å². The number of anilines is 3. The van der Waals surface area contributed by atoms with Crippen LogP contribution in [0.1, 0.15) is 13.3 Å². The maximum atomic E-state index is 13.1. The van der Waals surface area contributed by atoms with Gasteiger partial charge in [-0.15, -0.1) is 0 Å². The molecule has 2 aliphatic rings. The summed E-state index contributed by atoms with van der Waals surface area (Å²) in [5, 5.41) is 7.18. The molecule has 0 spiro atoms. The van der Waals surface area contributed by atoms with Gasteiger partial charge in [-0.3, -0.25) is 19.9 Å². The van der Waals surface area contributed by atoms with Gasteiger partial charge in [-0.05, 0) is 25.5 Å². The molecule has 2 amide bonds. The van der Waals surface area contributed by atoms with Crippen LogP contribution in [0.15, 0.2) is 43.1 Å². The maximum Gasteiger partial charge on any atom is 0.329 e. The summed E-state index contributed by atoms with van der Waals surface area (Å²) in [6.45, 7) is 4.57. The first kappa shape index (κ1) is 16.7. The normalized spacial score (nSPS) is 17.5. The van der Waals surface area contributed by atoms with Gasteiger partial charge in [-0.25, -0.2) is 14.8 Å². The lowest BCUT2D eigenvalue weighted by Crippen LogP contribution is -2.48. The minimum atomic E-state index is -0.234. The van der Waals surface area contributed by atoms with E-state index in [0.29, 0.717) is 11.6 Å². The van der Waals surface area contributed by atoms with Crippen LogP contribution in [0.2, 0.25) is 0 Å². The highest BCUT2D eigenvalue weighted by Gasteiger charge is 2.40. The number of hydrogen-bond acceptors (Lipinski definition) is 6. The Morgan fingerprint density at radius 2 is 2.21 bits per heavy atom. The van der Waals surface area contributed by atoms with Gasteiger partial charge in [-0.1, -0.05) is 0 Å². The quantitative estimate of drug-likeness (QED) is 0.755. The summed E-state index contributed by atoms with van der Waals surface area (Å²) in [5.74, 6) is 1.10. The smallest absolute Gasteiger partial charge is 0.329 e. The molecule has 0 saturated carbocycles. The molecule has 28 heavy (non-hydrogen) atoms. The maximum absolute atomic E-state index is 13.1. The molecule has 0 aliphatic carbocycles. The van der Waals surface area contributed by atoms with Crippen LogP contribution in [-0.2, 0) is 6.54 Å². The van der Waals surface area contributed by atoms with E-state index in [2.05, 4.69) is 25.3 Å². The number of nitrogens with one attached hydrogen (secondary N) is 1. The summed E-state index contributed by atoms with van der Waals surface area (Å²) in [6, 6.07) is 3.89. The van der Waals surface area contributed by atoms with Gasteiger partial charge in [-0.2, -0.15) is 5.10 Å². The van der Waals surface area contributed by atoms with E-state index in [1.165, 1.54) is 6.20 Å². The lowest BCUT2D eigenvalue weighted by Gasteiger charge is -2.35. The zero-order valence-corrected chi connectivity index (χ0v) is 15.5. The molecule has 9 nitrogen and oxygen atoms in total. The molecule has 1 fully saturated rings. The van der Waals surface area contributed by atoms with Crippen LogP contribution in [0.5, 0.6) is 0 Å². The summed E-state index contributed by atoms with van der Waals surface area (Å²) in [7, 11) is 0. The van der Waals surface area contributed by atoms with Crippen molar-refractivity contribution in [3.8, 4) is 11.3 Å². The molecule has 0 aromatic carbocycles. The van der Waals surface area contributed by atoms with Crippen LogP contribution in [0.25, 0.3) is 11.3 Å². The number of aromatic nitrogens is 5. The van der Waals surface area contributed by atoms with E-state index >= 15 is 0 Å². The lowest BCUT2D eigenvalue weighted by molar-refractivity contribution is 0.254. The fourth-order valence-electron chi connectivity index (χ4n) is 3.83. The second-order valence-corrected chi connectivity index (χ2v) is 6.90. The summed E-state index contributed by atoms with van der Waals surface area (Å²) >= 11 is 0. The predicted molar refractivity (Wildman–Crippen MR) is 105 cm³/mol. The van der Waals surface area contributed by atoms with Crippen LogP contribution in [-0.4, -0.2) is 49.9 Å². The van der Waals surface area contributed by atoms with E-state index in [1.807, 2.05) is 29.9 Å². The van der Waals surface area contributed by atoms with Gasteiger partial charge >= 0.3 is 6.03 Å². The molecule has 9 heteroatoms. The van der Waals surface area contributed by atoms with Crippen molar-refractivity contribution in [1.29, 1.82) is 0 Å². The number of aryl methyl sites for hydroxylation is 1. The molecule has 1 saturated heterocycles. The van der Waals surface area contributed by atoms with E-state index in [0.717, 1.165) is 43.0 Å². The molecule has 2 aliphatic heterocycles. The summed E-state index contributed by atoms with van der Waals surface area (Å²) in [6.07, 6.45) is 9.35. The van der Waals surface area contributed by atoms with E-state index < -0.39 is 0 Å². The second kappa shape index (κ2) is 6.59. The van der Waals surface area contributed by atoms with Crippen molar-refractivity contribution < 1.29 is 4.79 Å². The number of carbonyl (C=O) groups excluding carboxylic acids is 1. The zero-order chi connectivity index (χ0) is 19.1. The number of fused-ring (bicyclic) bond motifs is 4. The van der Waals surface area contributed by atoms with Crippen molar-refractivity contribution in [2.75, 3.05) is 28.2 Å². The van der Waals surface area contributed by atoms with Gasteiger partial charge in [0.25, 0.3) is 0 Å². The molecule has 3 aromatic heterocycles. The third-order valence-corrected chi connectivity index (χ3v) is 5.22. The van der Waals surface area contributed by atoms with Crippen LogP contribution in [0, 0.1) is 0 Å². The van der Waals surface area contributed by atoms with E-state index in [-0.39, 0.29) is 12.1 Å². The third kappa shape index (κ3) is 2.75. The van der Waals surface area contributed by atoms with Crippen molar-refractivity contribution in [3.05, 3.63) is 43.1 Å². The Kier molecular flexibility index (Phi) is 3.92. The van der Waals surface area contributed by atoms with Gasteiger partial charge in [0.15, 0.2) is 11.6 Å². The molecule has 142 valence electrons. The first-order valence-corrected chi connectivity index (χ1v) is 9.38. The van der Waals surface area contributed by atoms with E-state index in [4.69, 9.17) is 4.98 Å². The van der Waals surface area contributed by atoms with E-state index in [1.54, 1.807) is 23.5 Å². The summed E-state index contributed by atoms with van der Waals surface area (Å²) < 4.78 is 1.86. The standard InChI is InChI=1S/C19H20N8O/c1-2-26-11-13(9-22-26)15-3-4-16-18(23-15)27(14-5-8-25(16)12-14)19(28)24-17-10-20-6-7-21-17/h3-4,6-7,9-11,14H,2,5,8,12H2,1H3,(H,21,24,28)/t14-/m0/s1. The molecule has 0 radical (unpaired) electrons. The highest BCUT2D eigenvalue weighted by Crippen LogP contribution is 2.40. The Morgan fingerprint density at radius 3 is 3.00 bits per heavy atom. The molecule has 3 aromatic rings. The topological polar surface area (TPSA) is 92.1 Å². The van der Waals surface area contributed by atoms with Crippen molar-refractivity contribution in [1.82, 2.24) is 24.7 Å². The van der Waals surface area contributed by atoms with Gasteiger partial charge in [0.2, 0.25) is 0 Å². The number of carbonyl (C=O) groups is 1. The minimum absolute atomic E-state index is 0.0882. The van der Waals surface area contributed by atoms with Crippen molar-refractivity contribution in [2.24, 2.45) is 0 Å².